The van der Waals surface area contributed by atoms with Gasteiger partial charge in [0.1, 0.15) is 24.3 Å². The van der Waals surface area contributed by atoms with Crippen LogP contribution in [0.2, 0.25) is 25.7 Å². The maximum Gasteiger partial charge on any atom is 0.423 e. The largest absolute Gasteiger partial charge is 0.423 e. The van der Waals surface area contributed by atoms with Crippen LogP contribution in [0.5, 0.6) is 0 Å². The van der Waals surface area contributed by atoms with Crippen LogP contribution in [0.4, 0.5) is 27.6 Å². The van der Waals surface area contributed by atoms with Crippen molar-refractivity contribution in [2.45, 2.75) is 70.7 Å². The topological polar surface area (TPSA) is 78.2 Å². The molecule has 0 saturated heterocycles. The fraction of sp³-hybridized carbons (Fsp3) is 0.480. The summed E-state index contributed by atoms with van der Waals surface area (Å²) in [6.45, 7) is 7.29. The molecule has 3 aromatic rings. The molecular formula is C25H30BrF5N4O3Si. The molecule has 0 radical (unpaired) electrons. The van der Waals surface area contributed by atoms with Gasteiger partial charge in [-0.05, 0) is 52.5 Å². The molecule has 7 nitrogen and oxygen atoms in total. The van der Waals surface area contributed by atoms with Crippen LogP contribution < -0.4 is 16.4 Å². The average molecular weight is 638 g/mol. The fourth-order valence-electron chi connectivity index (χ4n) is 3.91. The maximum absolute atomic E-state index is 14.9. The minimum atomic E-state index is -4.99. The second-order valence-corrected chi connectivity index (χ2v) is 17.1. The summed E-state index contributed by atoms with van der Waals surface area (Å²) in [6, 6.07) is 3.96. The molecule has 214 valence electrons. The van der Waals surface area contributed by atoms with Crippen molar-refractivity contribution >= 4 is 40.5 Å². The van der Waals surface area contributed by atoms with Crippen LogP contribution in [0.1, 0.15) is 18.9 Å². The molecular weight excluding hydrogens is 607 g/mol. The first-order valence-electron chi connectivity index (χ1n) is 12.2. The predicted molar refractivity (Wildman–Crippen MR) is 146 cm³/mol. The molecule has 0 aliphatic heterocycles. The third-order valence-corrected chi connectivity index (χ3v) is 8.27. The SMILES string of the molecule is C[C@@H](CC(F)Cn1ccc2cc(Br)c(F)cc2c1=O)Nc1cnn(COCC[Si](C)(C)C)c(=O)c1C(F)(F)F. The van der Waals surface area contributed by atoms with E-state index in [1.807, 2.05) is 0 Å². The Bertz CT molecular complexity index is 1440. The summed E-state index contributed by atoms with van der Waals surface area (Å²) in [4.78, 5) is 25.3. The number of aromatic nitrogens is 3. The zero-order valence-corrected chi connectivity index (χ0v) is 24.5. The molecule has 2 aromatic heterocycles. The van der Waals surface area contributed by atoms with Gasteiger partial charge in [-0.1, -0.05) is 19.6 Å². The zero-order valence-electron chi connectivity index (χ0n) is 21.9. The number of benzene rings is 1. The second kappa shape index (κ2) is 12.3. The Morgan fingerprint density at radius 3 is 2.51 bits per heavy atom. The Kier molecular flexibility index (Phi) is 9.76. The smallest absolute Gasteiger partial charge is 0.381 e. The van der Waals surface area contributed by atoms with Crippen LogP contribution >= 0.6 is 15.9 Å². The number of hydrogen-bond donors (Lipinski definition) is 1. The number of halogens is 6. The van der Waals surface area contributed by atoms with Gasteiger partial charge in [-0.15, -0.1) is 0 Å². The first-order chi connectivity index (χ1) is 18.1. The molecule has 0 aliphatic rings. The molecule has 0 aliphatic carbocycles. The van der Waals surface area contributed by atoms with E-state index in [1.165, 1.54) is 19.2 Å². The van der Waals surface area contributed by atoms with Gasteiger partial charge < -0.3 is 14.6 Å². The van der Waals surface area contributed by atoms with Crippen molar-refractivity contribution in [2.24, 2.45) is 0 Å². The van der Waals surface area contributed by atoms with Crippen molar-refractivity contribution in [1.29, 1.82) is 0 Å². The van der Waals surface area contributed by atoms with Crippen LogP contribution in [-0.2, 0) is 24.2 Å². The molecule has 1 aromatic carbocycles. The molecule has 0 amide bonds. The number of anilines is 1. The number of nitrogens with zero attached hydrogens (tertiary/aromatic N) is 3. The Morgan fingerprint density at radius 1 is 1.18 bits per heavy atom. The van der Waals surface area contributed by atoms with Crippen LogP contribution in [-0.4, -0.2) is 41.2 Å². The van der Waals surface area contributed by atoms with E-state index in [4.69, 9.17) is 4.74 Å². The lowest BCUT2D eigenvalue weighted by atomic mass is 10.1. The quantitative estimate of drug-likeness (QED) is 0.158. The molecule has 0 saturated carbocycles. The van der Waals surface area contributed by atoms with Crippen molar-refractivity contribution in [2.75, 3.05) is 11.9 Å². The standard InChI is InChI=1S/C25H30BrF5N4O3Si/c1-15(9-17(27)13-34-6-5-16-10-19(26)20(28)11-18(16)23(34)36)33-21-12-32-35(14-38-7-8-39(2,3)4)24(37)22(21)25(29,30)31/h5-6,10-12,15,17,33H,7-9,13-14H2,1-4H3/t15-,17?/m0/s1. The summed E-state index contributed by atoms with van der Waals surface area (Å²) < 4.78 is 77.4. The molecule has 0 bridgehead atoms. The van der Waals surface area contributed by atoms with Gasteiger partial charge in [0.15, 0.2) is 0 Å². The molecule has 0 fully saturated rings. The van der Waals surface area contributed by atoms with E-state index in [9.17, 15) is 31.5 Å². The van der Waals surface area contributed by atoms with Crippen LogP contribution in [0.25, 0.3) is 10.8 Å². The Balaban J connectivity index is 1.71. The Hall–Kier alpha value is -2.58. The van der Waals surface area contributed by atoms with Gasteiger partial charge in [-0.25, -0.2) is 13.5 Å². The van der Waals surface area contributed by atoms with E-state index in [-0.39, 0.29) is 22.8 Å². The third-order valence-electron chi connectivity index (χ3n) is 5.96. The van der Waals surface area contributed by atoms with Gasteiger partial charge in [0.05, 0.1) is 28.3 Å². The lowest BCUT2D eigenvalue weighted by Crippen LogP contribution is -2.34. The fourth-order valence-corrected chi connectivity index (χ4v) is 5.03. The first-order valence-corrected chi connectivity index (χ1v) is 16.7. The minimum Gasteiger partial charge on any atom is -0.381 e. The van der Waals surface area contributed by atoms with E-state index in [2.05, 4.69) is 46.0 Å². The number of hydrogen-bond acceptors (Lipinski definition) is 5. The van der Waals surface area contributed by atoms with Gasteiger partial charge in [0.2, 0.25) is 0 Å². The molecule has 2 atom stereocenters. The number of rotatable bonds is 11. The van der Waals surface area contributed by atoms with E-state index in [1.54, 1.807) is 6.07 Å². The highest BCUT2D eigenvalue weighted by Gasteiger charge is 2.38. The molecule has 3 rings (SSSR count). The molecule has 1 N–H and O–H groups in total. The summed E-state index contributed by atoms with van der Waals surface area (Å²) in [7, 11) is -1.42. The third kappa shape index (κ3) is 8.21. The van der Waals surface area contributed by atoms with E-state index >= 15 is 0 Å². The Morgan fingerprint density at radius 2 is 1.87 bits per heavy atom. The van der Waals surface area contributed by atoms with Gasteiger partial charge in [-0.3, -0.25) is 9.59 Å². The van der Waals surface area contributed by atoms with Gasteiger partial charge in [0, 0.05) is 33.3 Å². The Labute approximate surface area is 231 Å². The lowest BCUT2D eigenvalue weighted by Gasteiger charge is -2.21. The summed E-state index contributed by atoms with van der Waals surface area (Å²) in [5, 5.41) is 6.87. The molecule has 14 heteroatoms. The monoisotopic (exact) mass is 636 g/mol. The molecule has 0 spiro atoms. The normalized spacial score (nSPS) is 14.0. The molecule has 1 unspecified atom stereocenters. The summed E-state index contributed by atoms with van der Waals surface area (Å²) in [5.74, 6) is -0.638. The van der Waals surface area contributed by atoms with Crippen molar-refractivity contribution in [3.63, 3.8) is 0 Å². The van der Waals surface area contributed by atoms with Crippen LogP contribution in [0.15, 0.2) is 44.7 Å². The minimum absolute atomic E-state index is 0.0718. The maximum atomic E-state index is 14.9. The summed E-state index contributed by atoms with van der Waals surface area (Å²) in [6.07, 6.45) is -4.66. The number of alkyl halides is 4. The van der Waals surface area contributed by atoms with E-state index < -0.39 is 61.4 Å². The lowest BCUT2D eigenvalue weighted by molar-refractivity contribution is -0.138. The highest BCUT2D eigenvalue weighted by atomic mass is 79.9. The van der Waals surface area contributed by atoms with Gasteiger partial charge in [0.25, 0.3) is 11.1 Å². The van der Waals surface area contributed by atoms with Crippen molar-refractivity contribution in [1.82, 2.24) is 14.3 Å². The van der Waals surface area contributed by atoms with Crippen molar-refractivity contribution in [3.8, 4) is 0 Å². The highest BCUT2D eigenvalue weighted by molar-refractivity contribution is 9.10. The highest BCUT2D eigenvalue weighted by Crippen LogP contribution is 2.32. The average Bonchev–Trinajstić information content (AvgIpc) is 2.79. The number of ether oxygens (including phenoxy) is 1. The van der Waals surface area contributed by atoms with Crippen molar-refractivity contribution < 1.29 is 26.7 Å². The number of pyridine rings is 1. The molecule has 39 heavy (non-hydrogen) atoms. The first kappa shape index (κ1) is 31.0. The predicted octanol–water partition coefficient (Wildman–Crippen LogP) is 6.02. The van der Waals surface area contributed by atoms with Crippen LogP contribution in [0.3, 0.4) is 0 Å². The molecule has 2 heterocycles. The summed E-state index contributed by atoms with van der Waals surface area (Å²) in [5.41, 5.74) is -3.99. The van der Waals surface area contributed by atoms with Crippen molar-refractivity contribution in [3.05, 3.63) is 67.2 Å². The zero-order chi connectivity index (χ0) is 29.1. The summed E-state index contributed by atoms with van der Waals surface area (Å²) >= 11 is 3.05. The number of nitrogens with one attached hydrogen (secondary N) is 1. The van der Waals surface area contributed by atoms with Gasteiger partial charge in [-0.2, -0.15) is 18.3 Å². The second-order valence-electron chi connectivity index (χ2n) is 10.6. The van der Waals surface area contributed by atoms with Crippen LogP contribution in [0, 0.1) is 5.82 Å². The number of fused-ring (bicyclic) bond motifs is 1. The van der Waals surface area contributed by atoms with E-state index in [0.29, 0.717) is 16.7 Å². The van der Waals surface area contributed by atoms with E-state index in [0.717, 1.165) is 22.9 Å². The van der Waals surface area contributed by atoms with Gasteiger partial charge >= 0.3 is 6.18 Å².